The number of nitrogens with one attached hydrogen (secondary N) is 1. The van der Waals surface area contributed by atoms with Gasteiger partial charge in [0.2, 0.25) is 15.9 Å². The summed E-state index contributed by atoms with van der Waals surface area (Å²) >= 11 is 0. The molecule has 0 fully saturated rings. The first-order valence-corrected chi connectivity index (χ1v) is 12.9. The van der Waals surface area contributed by atoms with Crippen LogP contribution >= 0.6 is 0 Å². The normalized spacial score (nSPS) is 13.3. The molecule has 0 saturated heterocycles. The molecule has 0 aliphatic rings. The van der Waals surface area contributed by atoms with E-state index >= 15 is 0 Å². The van der Waals surface area contributed by atoms with Gasteiger partial charge in [-0.3, -0.25) is 19.2 Å². The number of nitrogens with zero attached hydrogens (tertiary/aromatic N) is 2. The van der Waals surface area contributed by atoms with Gasteiger partial charge in [-0.05, 0) is 61.1 Å². The number of amides is 1. The Morgan fingerprint density at radius 3 is 2.32 bits per heavy atom. The van der Waals surface area contributed by atoms with E-state index in [0.29, 0.717) is 0 Å². The van der Waals surface area contributed by atoms with E-state index in [-0.39, 0.29) is 23.7 Å². The molecule has 0 heterocycles. The van der Waals surface area contributed by atoms with E-state index in [9.17, 15) is 23.3 Å². The summed E-state index contributed by atoms with van der Waals surface area (Å²) in [5.41, 5.74) is 2.64. The van der Waals surface area contributed by atoms with Crippen LogP contribution in [0.2, 0.25) is 0 Å². The largest absolute Gasteiger partial charge is 0.496 e. The summed E-state index contributed by atoms with van der Waals surface area (Å²) in [7, 11) is -2.30. The number of hydrogen-bond acceptors (Lipinski definition) is 6. The van der Waals surface area contributed by atoms with E-state index in [2.05, 4.69) is 19.2 Å². The van der Waals surface area contributed by atoms with Gasteiger partial charge in [-0.2, -0.15) is 0 Å². The molecule has 2 rings (SSSR count). The van der Waals surface area contributed by atoms with Crippen LogP contribution in [0.5, 0.6) is 5.75 Å². The maximum atomic E-state index is 13.3. The van der Waals surface area contributed by atoms with Crippen LogP contribution in [0.3, 0.4) is 0 Å². The number of rotatable bonds is 10. The average molecular weight is 492 g/mol. The summed E-state index contributed by atoms with van der Waals surface area (Å²) in [4.78, 5) is 23.9. The van der Waals surface area contributed by atoms with E-state index < -0.39 is 32.9 Å². The van der Waals surface area contributed by atoms with Crippen molar-refractivity contribution in [2.75, 3.05) is 17.7 Å². The molecular weight excluding hydrogens is 458 g/mol. The van der Waals surface area contributed by atoms with Crippen molar-refractivity contribution in [1.82, 2.24) is 5.32 Å². The second-order valence-electron chi connectivity index (χ2n) is 8.60. The zero-order chi connectivity index (χ0) is 25.8. The van der Waals surface area contributed by atoms with Crippen LogP contribution in [0.15, 0.2) is 36.4 Å². The summed E-state index contributed by atoms with van der Waals surface area (Å²) in [6, 6.07) is 7.70. The van der Waals surface area contributed by atoms with E-state index in [1.54, 1.807) is 14.0 Å². The number of anilines is 1. The third-order valence-corrected chi connectivity index (χ3v) is 6.87. The molecule has 186 valence electrons. The minimum atomic E-state index is -3.92. The number of carbonyl (C=O) groups is 1. The lowest BCUT2D eigenvalue weighted by molar-refractivity contribution is -0.384. The zero-order valence-corrected chi connectivity index (χ0v) is 21.5. The van der Waals surface area contributed by atoms with Gasteiger partial charge in [0.1, 0.15) is 11.8 Å². The third-order valence-electron chi connectivity index (χ3n) is 5.69. The molecule has 0 aliphatic carbocycles. The molecule has 34 heavy (non-hydrogen) atoms. The first-order valence-electron chi connectivity index (χ1n) is 11.0. The van der Waals surface area contributed by atoms with Crippen LogP contribution in [0.25, 0.3) is 0 Å². The fraction of sp³-hybridized carbons (Fsp3) is 0.458. The molecule has 9 nitrogen and oxygen atoms in total. The SMILES string of the molecule is CC[C@@H](C(=O)N[C@H](C)c1cc(C(C)C)c(OC)cc1C)N(c1cccc([N+](=O)[O-])c1)S(C)(=O)=O. The second-order valence-corrected chi connectivity index (χ2v) is 10.5. The quantitative estimate of drug-likeness (QED) is 0.387. The highest BCUT2D eigenvalue weighted by atomic mass is 32.2. The molecule has 0 spiro atoms. The Morgan fingerprint density at radius 2 is 1.82 bits per heavy atom. The van der Waals surface area contributed by atoms with Crippen LogP contribution < -0.4 is 14.4 Å². The Morgan fingerprint density at radius 1 is 1.18 bits per heavy atom. The fourth-order valence-corrected chi connectivity index (χ4v) is 5.21. The van der Waals surface area contributed by atoms with Crippen molar-refractivity contribution in [3.63, 3.8) is 0 Å². The number of nitro groups is 1. The molecule has 0 unspecified atom stereocenters. The molecule has 2 aromatic carbocycles. The smallest absolute Gasteiger partial charge is 0.271 e. The van der Waals surface area contributed by atoms with Crippen LogP contribution in [0.1, 0.15) is 62.8 Å². The van der Waals surface area contributed by atoms with Crippen LogP contribution in [-0.2, 0) is 14.8 Å². The van der Waals surface area contributed by atoms with E-state index in [0.717, 1.165) is 39.1 Å². The van der Waals surface area contributed by atoms with Crippen molar-refractivity contribution >= 4 is 27.3 Å². The van der Waals surface area contributed by atoms with Gasteiger partial charge >= 0.3 is 0 Å². The third kappa shape index (κ3) is 6.05. The summed E-state index contributed by atoms with van der Waals surface area (Å²) in [6.07, 6.45) is 1.15. The summed E-state index contributed by atoms with van der Waals surface area (Å²) in [6.45, 7) is 9.56. The van der Waals surface area contributed by atoms with Crippen LogP contribution in [0, 0.1) is 17.0 Å². The Bertz CT molecular complexity index is 1160. The number of hydrogen-bond donors (Lipinski definition) is 1. The Hall–Kier alpha value is -3.14. The average Bonchev–Trinajstić information content (AvgIpc) is 2.75. The lowest BCUT2D eigenvalue weighted by Crippen LogP contribution is -2.49. The van der Waals surface area contributed by atoms with Crippen molar-refractivity contribution in [2.24, 2.45) is 0 Å². The lowest BCUT2D eigenvalue weighted by Gasteiger charge is -2.31. The molecule has 1 N–H and O–H groups in total. The van der Waals surface area contributed by atoms with Gasteiger partial charge in [0.15, 0.2) is 0 Å². The summed E-state index contributed by atoms with van der Waals surface area (Å²) in [5.74, 6) is 0.485. The van der Waals surface area contributed by atoms with Gasteiger partial charge in [-0.1, -0.05) is 26.8 Å². The molecule has 0 saturated carbocycles. The first kappa shape index (κ1) is 27.1. The molecule has 1 amide bonds. The predicted octanol–water partition coefficient (Wildman–Crippen LogP) is 4.46. The maximum absolute atomic E-state index is 13.3. The van der Waals surface area contributed by atoms with Crippen LogP contribution in [-0.4, -0.2) is 38.7 Å². The highest BCUT2D eigenvalue weighted by Crippen LogP contribution is 2.32. The number of methoxy groups -OCH3 is 1. The highest BCUT2D eigenvalue weighted by molar-refractivity contribution is 7.92. The molecule has 0 radical (unpaired) electrons. The molecule has 0 bridgehead atoms. The highest BCUT2D eigenvalue weighted by Gasteiger charge is 2.33. The second kappa shape index (κ2) is 10.9. The van der Waals surface area contributed by atoms with Gasteiger partial charge < -0.3 is 10.1 Å². The van der Waals surface area contributed by atoms with Crippen molar-refractivity contribution in [2.45, 2.75) is 59.0 Å². The van der Waals surface area contributed by atoms with Crippen molar-refractivity contribution in [3.05, 3.63) is 63.2 Å². The van der Waals surface area contributed by atoms with Crippen LogP contribution in [0.4, 0.5) is 11.4 Å². The van der Waals surface area contributed by atoms with Gasteiger partial charge in [-0.25, -0.2) is 8.42 Å². The lowest BCUT2D eigenvalue weighted by atomic mass is 9.93. The van der Waals surface area contributed by atoms with Crippen molar-refractivity contribution < 1.29 is 22.9 Å². The Balaban J connectivity index is 2.43. The number of nitro benzene ring substituents is 1. The minimum absolute atomic E-state index is 0.0640. The first-order chi connectivity index (χ1) is 15.8. The zero-order valence-electron chi connectivity index (χ0n) is 20.7. The summed E-state index contributed by atoms with van der Waals surface area (Å²) < 4.78 is 31.8. The summed E-state index contributed by atoms with van der Waals surface area (Å²) in [5, 5.41) is 14.1. The predicted molar refractivity (Wildman–Crippen MR) is 133 cm³/mol. The van der Waals surface area contributed by atoms with Gasteiger partial charge in [0.05, 0.1) is 30.0 Å². The monoisotopic (exact) mass is 491 g/mol. The fourth-order valence-electron chi connectivity index (χ4n) is 4.00. The number of benzene rings is 2. The van der Waals surface area contributed by atoms with E-state index in [1.165, 1.54) is 18.2 Å². The number of carbonyl (C=O) groups excluding carboxylic acids is 1. The number of sulfonamides is 1. The number of aryl methyl sites for hydroxylation is 1. The van der Waals surface area contributed by atoms with Gasteiger partial charge in [0, 0.05) is 12.1 Å². The topological polar surface area (TPSA) is 119 Å². The van der Waals surface area contributed by atoms with Crippen molar-refractivity contribution in [1.29, 1.82) is 0 Å². The van der Waals surface area contributed by atoms with E-state index in [1.807, 2.05) is 26.0 Å². The number of non-ortho nitro benzene ring substituents is 1. The van der Waals surface area contributed by atoms with E-state index in [4.69, 9.17) is 4.74 Å². The molecule has 0 aliphatic heterocycles. The molecule has 2 aromatic rings. The van der Waals surface area contributed by atoms with Gasteiger partial charge in [0.25, 0.3) is 5.69 Å². The maximum Gasteiger partial charge on any atom is 0.271 e. The van der Waals surface area contributed by atoms with Crippen molar-refractivity contribution in [3.8, 4) is 5.75 Å². The molecule has 10 heteroatoms. The van der Waals surface area contributed by atoms with Gasteiger partial charge in [-0.15, -0.1) is 0 Å². The molecule has 0 aromatic heterocycles. The number of ether oxygens (including phenoxy) is 1. The Labute approximate surface area is 201 Å². The standard InChI is InChI=1S/C24H33N3O6S/c1-8-22(26(34(7,31)32)18-10-9-11-19(13-18)27(29)30)24(28)25-17(5)21-14-20(15(2)3)23(33-6)12-16(21)4/h9-15,17,22H,8H2,1-7H3,(H,25,28)/t17-,22+/m1/s1. The molecule has 2 atom stereocenters. The minimum Gasteiger partial charge on any atom is -0.496 e. The Kier molecular flexibility index (Phi) is 8.66. The molecular formula is C24H33N3O6S.